The molecular weight excluding hydrogens is 580 g/mol. The Morgan fingerprint density at radius 2 is 1.70 bits per heavy atom. The molecule has 4 aliphatic carbocycles. The summed E-state index contributed by atoms with van der Waals surface area (Å²) in [6.07, 6.45) is 14.4. The van der Waals surface area contributed by atoms with E-state index >= 15 is 0 Å². The number of carbonyl (C=O) groups is 2. The molecule has 1 aromatic carbocycles. The highest BCUT2D eigenvalue weighted by Gasteiger charge is 2.66. The first-order valence-electron chi connectivity index (χ1n) is 18.9. The number of benzene rings is 1. The molecule has 0 radical (unpaired) electrons. The molecule has 5 heteroatoms. The number of ether oxygens (including phenoxy) is 1. The zero-order valence-corrected chi connectivity index (χ0v) is 31.5. The van der Waals surface area contributed by atoms with E-state index in [-0.39, 0.29) is 27.6 Å². The zero-order chi connectivity index (χ0) is 34.4. The average Bonchev–Trinajstić information content (AvgIpc) is 3.42. The van der Waals surface area contributed by atoms with Gasteiger partial charge in [0.05, 0.1) is 18.1 Å². The van der Waals surface area contributed by atoms with E-state index in [0.29, 0.717) is 47.0 Å². The number of likely N-dealkylation sites (N-methyl/N-ethyl adjacent to an activating group) is 1. The lowest BCUT2D eigenvalue weighted by molar-refractivity contribution is -0.166. The van der Waals surface area contributed by atoms with Crippen LogP contribution in [0, 0.1) is 57.2 Å². The number of esters is 1. The normalized spacial score (nSPS) is 36.4. The number of nitrogens with one attached hydrogen (secondary N) is 1. The second kappa shape index (κ2) is 13.6. The molecule has 0 saturated heterocycles. The van der Waals surface area contributed by atoms with E-state index in [2.05, 4.69) is 91.0 Å². The summed E-state index contributed by atoms with van der Waals surface area (Å²) in [6.45, 7) is 19.1. The van der Waals surface area contributed by atoms with E-state index < -0.39 is 0 Å². The van der Waals surface area contributed by atoms with Crippen molar-refractivity contribution in [3.05, 3.63) is 41.5 Å². The van der Waals surface area contributed by atoms with Crippen LogP contribution in [0.5, 0.6) is 0 Å². The maximum Gasteiger partial charge on any atom is 0.337 e. The molecule has 1 N–H and O–H groups in total. The molecule has 3 fully saturated rings. The first-order valence-corrected chi connectivity index (χ1v) is 18.9. The molecule has 0 heterocycles. The molecule has 0 bridgehead atoms. The van der Waals surface area contributed by atoms with E-state index in [1.807, 2.05) is 12.1 Å². The third-order valence-corrected chi connectivity index (χ3v) is 14.8. The molecule has 0 aliphatic heterocycles. The van der Waals surface area contributed by atoms with Crippen LogP contribution in [0.3, 0.4) is 0 Å². The number of allylic oxidation sites excluding steroid dienone is 2. The van der Waals surface area contributed by atoms with Gasteiger partial charge in [0.15, 0.2) is 0 Å². The van der Waals surface area contributed by atoms with Crippen LogP contribution < -0.4 is 5.32 Å². The quantitative estimate of drug-likeness (QED) is 0.258. The number of hydrogen-bond donors (Lipinski definition) is 1. The van der Waals surface area contributed by atoms with E-state index in [4.69, 9.17) is 4.74 Å². The van der Waals surface area contributed by atoms with Gasteiger partial charge in [0.25, 0.3) is 0 Å². The molecule has 0 aromatic heterocycles. The minimum absolute atomic E-state index is 0.0380. The summed E-state index contributed by atoms with van der Waals surface area (Å²) in [5.41, 5.74) is 3.63. The van der Waals surface area contributed by atoms with Crippen LogP contribution in [0.25, 0.3) is 5.57 Å². The highest BCUT2D eigenvalue weighted by atomic mass is 16.5. The van der Waals surface area contributed by atoms with Gasteiger partial charge in [-0.2, -0.15) is 0 Å². The van der Waals surface area contributed by atoms with Crippen molar-refractivity contribution in [1.82, 2.24) is 10.2 Å². The van der Waals surface area contributed by atoms with Crippen molar-refractivity contribution in [1.29, 1.82) is 0 Å². The minimum atomic E-state index is -0.283. The second-order valence-electron chi connectivity index (χ2n) is 17.9. The number of rotatable bonds is 10. The zero-order valence-electron chi connectivity index (χ0n) is 31.5. The Bertz CT molecular complexity index is 1310. The molecule has 5 nitrogen and oxygen atoms in total. The van der Waals surface area contributed by atoms with Crippen LogP contribution in [0.1, 0.15) is 129 Å². The fourth-order valence-corrected chi connectivity index (χ4v) is 11.7. The summed E-state index contributed by atoms with van der Waals surface area (Å²) >= 11 is 0. The Kier molecular flexibility index (Phi) is 10.5. The topological polar surface area (TPSA) is 58.6 Å². The Morgan fingerprint density at radius 3 is 2.34 bits per heavy atom. The highest BCUT2D eigenvalue weighted by molar-refractivity contribution is 5.90. The van der Waals surface area contributed by atoms with Crippen molar-refractivity contribution < 1.29 is 14.3 Å². The summed E-state index contributed by atoms with van der Waals surface area (Å²) in [5, 5.41) is 3.44. The molecule has 8 unspecified atom stereocenters. The lowest BCUT2D eigenvalue weighted by atomic mass is 9.41. The predicted molar refractivity (Wildman–Crippen MR) is 194 cm³/mol. The molecule has 47 heavy (non-hydrogen) atoms. The molecule has 262 valence electrons. The fourth-order valence-electron chi connectivity index (χ4n) is 11.7. The molecule has 0 spiro atoms. The third-order valence-electron chi connectivity index (χ3n) is 14.8. The van der Waals surface area contributed by atoms with Gasteiger partial charge in [0.2, 0.25) is 5.91 Å². The third kappa shape index (κ3) is 6.37. The van der Waals surface area contributed by atoms with Crippen LogP contribution in [0.4, 0.5) is 0 Å². The van der Waals surface area contributed by atoms with Crippen LogP contribution >= 0.6 is 0 Å². The maximum atomic E-state index is 14.2. The number of hydrogen-bond acceptors (Lipinski definition) is 4. The van der Waals surface area contributed by atoms with Crippen molar-refractivity contribution in [3.8, 4) is 0 Å². The molecule has 5 rings (SSSR count). The molecule has 1 amide bonds. The van der Waals surface area contributed by atoms with E-state index in [9.17, 15) is 9.59 Å². The van der Waals surface area contributed by atoms with Crippen LogP contribution in [0.15, 0.2) is 30.3 Å². The van der Waals surface area contributed by atoms with Gasteiger partial charge < -0.3 is 15.0 Å². The number of amides is 1. The average molecular weight is 647 g/mol. The standard InChI is InChI=1S/C42H66N2O3/c1-28(2)32-19-23-42(38(46)43-26-27-44(8)9)25-24-41(7)35(36(32)42)12-11-21-40(41,6)22-20-33-29(3)13-18-34(39(33,4)5)30-14-16-31(17-15-30)37(45)47-10/h14-18,28-29,32-33,35-36H,11-13,19-27H2,1-10H3,(H,43,46). The van der Waals surface area contributed by atoms with Gasteiger partial charge in [-0.15, -0.1) is 0 Å². The van der Waals surface area contributed by atoms with Crippen molar-refractivity contribution >= 4 is 17.4 Å². The van der Waals surface area contributed by atoms with Crippen molar-refractivity contribution in [3.63, 3.8) is 0 Å². The van der Waals surface area contributed by atoms with E-state index in [0.717, 1.165) is 32.4 Å². The Labute approximate surface area is 287 Å². The number of carbonyl (C=O) groups excluding carboxylic acids is 2. The van der Waals surface area contributed by atoms with E-state index in [1.165, 1.54) is 63.2 Å². The van der Waals surface area contributed by atoms with Crippen molar-refractivity contribution in [2.45, 2.75) is 113 Å². The van der Waals surface area contributed by atoms with Crippen LogP contribution in [0.2, 0.25) is 0 Å². The van der Waals surface area contributed by atoms with Crippen molar-refractivity contribution in [2.24, 2.45) is 57.2 Å². The summed E-state index contributed by atoms with van der Waals surface area (Å²) < 4.78 is 4.94. The largest absolute Gasteiger partial charge is 0.465 e. The number of nitrogens with zero attached hydrogens (tertiary/aromatic N) is 1. The maximum absolute atomic E-state index is 14.2. The summed E-state index contributed by atoms with van der Waals surface area (Å²) in [7, 11) is 5.61. The second-order valence-corrected chi connectivity index (χ2v) is 17.9. The predicted octanol–water partition coefficient (Wildman–Crippen LogP) is 9.27. The monoisotopic (exact) mass is 647 g/mol. The lowest BCUT2D eigenvalue weighted by Gasteiger charge is -2.64. The van der Waals surface area contributed by atoms with Gasteiger partial charge >= 0.3 is 5.97 Å². The number of fused-ring (bicyclic) bond motifs is 3. The van der Waals surface area contributed by atoms with E-state index in [1.54, 1.807) is 0 Å². The molecular formula is C42H66N2O3. The molecule has 8 atom stereocenters. The fraction of sp³-hybridized carbons (Fsp3) is 0.762. The van der Waals surface area contributed by atoms with Crippen molar-refractivity contribution in [2.75, 3.05) is 34.3 Å². The first-order chi connectivity index (χ1) is 22.1. The van der Waals surface area contributed by atoms with Crippen LogP contribution in [-0.4, -0.2) is 51.1 Å². The Balaban J connectivity index is 1.38. The van der Waals surface area contributed by atoms with Gasteiger partial charge in [-0.3, -0.25) is 4.79 Å². The summed E-state index contributed by atoms with van der Waals surface area (Å²) in [5.74, 6) is 3.65. The van der Waals surface area contributed by atoms with Gasteiger partial charge in [-0.05, 0) is 147 Å². The van der Waals surface area contributed by atoms with Gasteiger partial charge in [-0.25, -0.2) is 4.79 Å². The number of methoxy groups -OCH3 is 1. The smallest absolute Gasteiger partial charge is 0.337 e. The Morgan fingerprint density at radius 1 is 1.00 bits per heavy atom. The van der Waals surface area contributed by atoms with Gasteiger partial charge in [-0.1, -0.05) is 73.1 Å². The molecule has 4 aliphatic rings. The van der Waals surface area contributed by atoms with Gasteiger partial charge in [0.1, 0.15) is 0 Å². The SMILES string of the molecule is COC(=O)c1ccc(C2=CCC(C)C(CCC3(C)CCCC4C5C(C(C)C)CCC5(C(=O)NCCN(C)C)CCC43C)C2(C)C)cc1. The summed E-state index contributed by atoms with van der Waals surface area (Å²) in [6, 6.07) is 8.04. The van der Waals surface area contributed by atoms with Crippen LogP contribution in [-0.2, 0) is 9.53 Å². The Hall–Kier alpha value is -2.14. The van der Waals surface area contributed by atoms with Gasteiger partial charge in [0, 0.05) is 13.1 Å². The molecule has 3 saturated carbocycles. The summed E-state index contributed by atoms with van der Waals surface area (Å²) in [4.78, 5) is 28.4. The molecule has 1 aromatic rings. The minimum Gasteiger partial charge on any atom is -0.465 e. The lowest BCUT2D eigenvalue weighted by Crippen LogP contribution is -2.60. The highest BCUT2D eigenvalue weighted by Crippen LogP contribution is 2.71. The first kappa shape index (κ1) is 36.1.